The van der Waals surface area contributed by atoms with Crippen molar-refractivity contribution in [1.82, 2.24) is 14.9 Å². The summed E-state index contributed by atoms with van der Waals surface area (Å²) in [5, 5.41) is 4.35. The Labute approximate surface area is 166 Å². The van der Waals surface area contributed by atoms with Gasteiger partial charge in [-0.2, -0.15) is 0 Å². The average Bonchev–Trinajstić information content (AvgIpc) is 2.63. The van der Waals surface area contributed by atoms with Gasteiger partial charge < -0.3 is 10.3 Å². The van der Waals surface area contributed by atoms with Gasteiger partial charge in [-0.05, 0) is 67.4 Å². The summed E-state index contributed by atoms with van der Waals surface area (Å²) in [4.78, 5) is 28.2. The molecule has 7 heteroatoms. The highest BCUT2D eigenvalue weighted by molar-refractivity contribution is 7.71. The van der Waals surface area contributed by atoms with Crippen LogP contribution in [0.5, 0.6) is 0 Å². The van der Waals surface area contributed by atoms with Gasteiger partial charge in [-0.25, -0.2) is 0 Å². The molecular formula is C20H18ClN3O2S. The highest BCUT2D eigenvalue weighted by atomic mass is 35.5. The predicted molar refractivity (Wildman–Crippen MR) is 109 cm³/mol. The van der Waals surface area contributed by atoms with E-state index in [1.54, 1.807) is 25.2 Å². The molecule has 2 N–H and O–H groups in total. The van der Waals surface area contributed by atoms with Crippen LogP contribution < -0.4 is 10.9 Å². The van der Waals surface area contributed by atoms with Crippen molar-refractivity contribution >= 4 is 40.6 Å². The van der Waals surface area contributed by atoms with Crippen molar-refractivity contribution in [3.63, 3.8) is 0 Å². The smallest absolute Gasteiger partial charge is 0.261 e. The van der Waals surface area contributed by atoms with Crippen molar-refractivity contribution in [1.29, 1.82) is 0 Å². The molecule has 0 unspecified atom stereocenters. The number of fused-ring (bicyclic) bond motifs is 1. The van der Waals surface area contributed by atoms with Gasteiger partial charge in [0.1, 0.15) is 0 Å². The number of hydrogen-bond acceptors (Lipinski definition) is 3. The molecule has 1 fully saturated rings. The Morgan fingerprint density at radius 1 is 1.22 bits per heavy atom. The molecule has 1 heterocycles. The molecule has 4 rings (SSSR count). The fourth-order valence-electron chi connectivity index (χ4n) is 3.52. The quantitative estimate of drug-likeness (QED) is 0.652. The summed E-state index contributed by atoms with van der Waals surface area (Å²) in [6.45, 7) is 0. The molecule has 2 aromatic carbocycles. The molecule has 138 valence electrons. The number of carbonyl (C=O) groups is 1. The number of nitrogens with one attached hydrogen (secondary N) is 2. The van der Waals surface area contributed by atoms with Crippen LogP contribution in [0.3, 0.4) is 0 Å². The van der Waals surface area contributed by atoms with Gasteiger partial charge in [0.2, 0.25) is 0 Å². The van der Waals surface area contributed by atoms with Gasteiger partial charge in [-0.15, -0.1) is 0 Å². The topological polar surface area (TPSA) is 66.9 Å². The molecule has 1 aliphatic rings. The maximum absolute atomic E-state index is 12.9. The van der Waals surface area contributed by atoms with Gasteiger partial charge in [0, 0.05) is 17.6 Å². The number of H-pyrrole nitrogens is 1. The number of rotatable bonds is 3. The van der Waals surface area contributed by atoms with E-state index in [1.807, 2.05) is 24.3 Å². The first kappa shape index (κ1) is 17.9. The molecule has 1 aromatic heterocycles. The summed E-state index contributed by atoms with van der Waals surface area (Å²) in [5.74, 6) is -0.174. The summed E-state index contributed by atoms with van der Waals surface area (Å²) in [7, 11) is 1.62. The maximum atomic E-state index is 12.9. The van der Waals surface area contributed by atoms with Gasteiger partial charge in [-0.1, -0.05) is 23.7 Å². The Balaban J connectivity index is 1.68. The summed E-state index contributed by atoms with van der Waals surface area (Å²) in [5.41, 5.74) is 1.56. The lowest BCUT2D eigenvalue weighted by atomic mass is 9.71. The Morgan fingerprint density at radius 3 is 2.56 bits per heavy atom. The Hall–Kier alpha value is -2.44. The monoisotopic (exact) mass is 399 g/mol. The first-order chi connectivity index (χ1) is 12.9. The highest BCUT2D eigenvalue weighted by Gasteiger charge is 2.40. The van der Waals surface area contributed by atoms with E-state index in [2.05, 4.69) is 10.3 Å². The van der Waals surface area contributed by atoms with Crippen LogP contribution in [-0.2, 0) is 12.6 Å². The van der Waals surface area contributed by atoms with Crippen molar-refractivity contribution in [2.75, 3.05) is 0 Å². The number of aromatic amines is 1. The second-order valence-electron chi connectivity index (χ2n) is 6.95. The van der Waals surface area contributed by atoms with E-state index < -0.39 is 0 Å². The minimum Gasteiger partial charge on any atom is -0.343 e. The third-order valence-electron chi connectivity index (χ3n) is 5.32. The van der Waals surface area contributed by atoms with E-state index >= 15 is 0 Å². The number of amides is 1. The van der Waals surface area contributed by atoms with Crippen LogP contribution in [-0.4, -0.2) is 15.5 Å². The lowest BCUT2D eigenvalue weighted by Gasteiger charge is -2.43. The van der Waals surface area contributed by atoms with Crippen molar-refractivity contribution in [3.8, 4) is 0 Å². The normalized spacial score (nSPS) is 15.3. The fraction of sp³-hybridized carbons (Fsp3) is 0.250. The Bertz CT molecular complexity index is 1160. The minimum atomic E-state index is -0.365. The first-order valence-corrected chi connectivity index (χ1v) is 9.50. The van der Waals surface area contributed by atoms with Crippen LogP contribution in [0.2, 0.25) is 5.02 Å². The maximum Gasteiger partial charge on any atom is 0.261 e. The van der Waals surface area contributed by atoms with E-state index in [0.717, 1.165) is 24.8 Å². The molecule has 0 aliphatic heterocycles. The predicted octanol–water partition coefficient (Wildman–Crippen LogP) is 4.06. The van der Waals surface area contributed by atoms with Crippen molar-refractivity contribution in [2.24, 2.45) is 7.05 Å². The van der Waals surface area contributed by atoms with Crippen LogP contribution in [0.1, 0.15) is 35.2 Å². The number of aromatic nitrogens is 2. The second-order valence-corrected chi connectivity index (χ2v) is 7.77. The molecular weight excluding hydrogens is 382 g/mol. The number of nitrogens with zero attached hydrogens (tertiary/aromatic N) is 1. The molecule has 0 radical (unpaired) electrons. The van der Waals surface area contributed by atoms with E-state index in [0.29, 0.717) is 26.3 Å². The van der Waals surface area contributed by atoms with Crippen molar-refractivity contribution in [3.05, 3.63) is 73.7 Å². The van der Waals surface area contributed by atoms with Crippen LogP contribution >= 0.6 is 23.8 Å². The van der Waals surface area contributed by atoms with E-state index in [1.165, 1.54) is 4.57 Å². The lowest BCUT2D eigenvalue weighted by molar-refractivity contribution is 0.0823. The van der Waals surface area contributed by atoms with Crippen molar-refractivity contribution < 1.29 is 4.79 Å². The molecule has 0 bridgehead atoms. The minimum absolute atomic E-state index is 0.174. The Kier molecular flexibility index (Phi) is 4.40. The van der Waals surface area contributed by atoms with Crippen LogP contribution in [0.4, 0.5) is 0 Å². The number of carbonyl (C=O) groups excluding carboxylic acids is 1. The zero-order valence-electron chi connectivity index (χ0n) is 14.7. The molecule has 1 saturated carbocycles. The fourth-order valence-corrected chi connectivity index (χ4v) is 3.84. The Morgan fingerprint density at radius 2 is 1.93 bits per heavy atom. The average molecular weight is 400 g/mol. The van der Waals surface area contributed by atoms with Gasteiger partial charge in [0.05, 0.1) is 16.4 Å². The third-order valence-corrected chi connectivity index (χ3v) is 5.95. The van der Waals surface area contributed by atoms with Gasteiger partial charge in [0.25, 0.3) is 11.5 Å². The summed E-state index contributed by atoms with van der Waals surface area (Å²) < 4.78 is 1.70. The summed E-state index contributed by atoms with van der Waals surface area (Å²) in [6.07, 6.45) is 2.83. The largest absolute Gasteiger partial charge is 0.343 e. The van der Waals surface area contributed by atoms with Gasteiger partial charge in [0.15, 0.2) is 4.77 Å². The first-order valence-electron chi connectivity index (χ1n) is 8.71. The molecule has 1 amide bonds. The SMILES string of the molecule is Cn1c(=S)[nH]c2cc(C(=O)NC3(c4ccc(Cl)cc4)CCC3)ccc2c1=O. The van der Waals surface area contributed by atoms with E-state index in [9.17, 15) is 9.59 Å². The molecule has 0 spiro atoms. The highest BCUT2D eigenvalue weighted by Crippen LogP contribution is 2.41. The number of halogens is 1. The zero-order chi connectivity index (χ0) is 19.2. The molecule has 27 heavy (non-hydrogen) atoms. The standard InChI is InChI=1S/C20H18ClN3O2S/c1-24-18(26)15-8-3-12(11-16(15)22-19(24)27)17(25)23-20(9-2-10-20)13-4-6-14(21)7-5-13/h3-8,11H,2,9-10H2,1H3,(H,22,27)(H,23,25). The van der Waals surface area contributed by atoms with Gasteiger partial charge >= 0.3 is 0 Å². The molecule has 5 nitrogen and oxygen atoms in total. The number of benzene rings is 2. The number of hydrogen-bond donors (Lipinski definition) is 2. The third kappa shape index (κ3) is 3.09. The molecule has 0 atom stereocenters. The summed E-state index contributed by atoms with van der Waals surface area (Å²) in [6, 6.07) is 12.6. The summed E-state index contributed by atoms with van der Waals surface area (Å²) >= 11 is 11.2. The van der Waals surface area contributed by atoms with Gasteiger partial charge in [-0.3, -0.25) is 14.2 Å². The molecule has 0 saturated heterocycles. The van der Waals surface area contributed by atoms with Crippen molar-refractivity contribution in [2.45, 2.75) is 24.8 Å². The van der Waals surface area contributed by atoms with Crippen LogP contribution in [0.15, 0.2) is 47.3 Å². The van der Waals surface area contributed by atoms with E-state index in [4.69, 9.17) is 23.8 Å². The molecule has 1 aliphatic carbocycles. The second kappa shape index (κ2) is 6.62. The molecule has 3 aromatic rings. The van der Waals surface area contributed by atoms with Crippen LogP contribution in [0.25, 0.3) is 10.9 Å². The van der Waals surface area contributed by atoms with Crippen LogP contribution in [0, 0.1) is 4.77 Å². The lowest BCUT2D eigenvalue weighted by Crippen LogP contribution is -2.50. The van der Waals surface area contributed by atoms with E-state index in [-0.39, 0.29) is 17.0 Å². The zero-order valence-corrected chi connectivity index (χ0v) is 16.3.